The van der Waals surface area contributed by atoms with E-state index in [4.69, 9.17) is 34.8 Å². The molecule has 1 fully saturated rings. The van der Waals surface area contributed by atoms with Crippen molar-refractivity contribution < 1.29 is 142 Å². The van der Waals surface area contributed by atoms with Crippen LogP contribution >= 0.6 is 7.82 Å². The minimum Gasteiger partial charge on any atom is -0.790 e. The Morgan fingerprint density at radius 2 is 1.81 bits per heavy atom. The zero-order valence-corrected chi connectivity index (χ0v) is 21.0. The first-order valence-corrected chi connectivity index (χ1v) is 7.93. The minimum atomic E-state index is -5.14. The Morgan fingerprint density at radius 1 is 1.23 bits per heavy atom. The molecule has 3 heterocycles. The van der Waals surface area contributed by atoms with Gasteiger partial charge >= 0.3 is 103 Å². The summed E-state index contributed by atoms with van der Waals surface area (Å²) in [6.45, 7) is -0.390. The first-order chi connectivity index (χ1) is 11.1. The van der Waals surface area contributed by atoms with Crippen molar-refractivity contribution in [3.63, 3.8) is 0 Å². The zero-order chi connectivity index (χ0) is 18.1. The molecule has 26 heavy (non-hydrogen) atoms. The molecular formula is C10H14K2N5O8P. The van der Waals surface area contributed by atoms with Gasteiger partial charge in [-0.25, -0.2) is 15.0 Å². The van der Waals surface area contributed by atoms with E-state index < -0.39 is 39.0 Å². The Bertz CT molecular complexity index is 752. The second kappa shape index (κ2) is 11.7. The molecule has 2 aromatic heterocycles. The Morgan fingerprint density at radius 3 is 2.31 bits per heavy atom. The maximum absolute atomic E-state index is 9.95. The van der Waals surface area contributed by atoms with E-state index in [1.165, 1.54) is 17.2 Å². The van der Waals surface area contributed by atoms with E-state index in [1.807, 2.05) is 0 Å². The van der Waals surface area contributed by atoms with Gasteiger partial charge in [-0.1, -0.05) is 0 Å². The molecule has 1 aliphatic heterocycles. The molecule has 1 aliphatic rings. The molecule has 0 unspecified atom stereocenters. The second-order valence-electron chi connectivity index (χ2n) is 4.78. The molecule has 0 aliphatic carbocycles. The van der Waals surface area contributed by atoms with Gasteiger partial charge in [-0.05, 0) is 0 Å². The van der Waals surface area contributed by atoms with Crippen LogP contribution in [0.5, 0.6) is 0 Å². The van der Waals surface area contributed by atoms with E-state index >= 15 is 0 Å². The number of imidazole rings is 1. The van der Waals surface area contributed by atoms with Crippen LogP contribution in [0.25, 0.3) is 11.2 Å². The van der Waals surface area contributed by atoms with Crippen LogP contribution in [0.2, 0.25) is 0 Å². The molecular weight excluding hydrogens is 427 g/mol. The van der Waals surface area contributed by atoms with Crippen LogP contribution in [-0.2, 0) is 9.30 Å². The third kappa shape index (κ3) is 7.12. The fourth-order valence-corrected chi connectivity index (χ4v) is 2.17. The number of nitrogen functional groups attached to an aromatic ring is 1. The van der Waals surface area contributed by atoms with Gasteiger partial charge in [-0.15, -0.1) is 0 Å². The molecule has 0 spiro atoms. The summed E-state index contributed by atoms with van der Waals surface area (Å²) in [7, 11) is -5.14. The van der Waals surface area contributed by atoms with E-state index in [0.717, 1.165) is 0 Å². The number of nitrogens with zero attached hydrogens (tertiary/aromatic N) is 4. The summed E-state index contributed by atoms with van der Waals surface area (Å²) in [5.74, 6) is 0.218. The average Bonchev–Trinajstić information content (AvgIpc) is 3.01. The summed E-state index contributed by atoms with van der Waals surface area (Å²) < 4.78 is 15.5. The van der Waals surface area contributed by atoms with Gasteiger partial charge in [0.15, 0.2) is 17.7 Å². The van der Waals surface area contributed by atoms with Crippen LogP contribution in [0.3, 0.4) is 0 Å². The minimum absolute atomic E-state index is 0. The molecule has 4 atom stereocenters. The predicted molar refractivity (Wildman–Crippen MR) is 72.6 cm³/mol. The van der Waals surface area contributed by atoms with Crippen molar-refractivity contribution in [1.82, 2.24) is 19.5 Å². The summed E-state index contributed by atoms with van der Waals surface area (Å²) in [5, 5.41) is 28.7. The molecule has 13 nitrogen and oxygen atoms in total. The molecule has 6 N–H and O–H groups in total. The molecule has 16 heteroatoms. The van der Waals surface area contributed by atoms with Gasteiger partial charge in [0.05, 0.1) is 20.8 Å². The third-order valence-electron chi connectivity index (χ3n) is 3.18. The van der Waals surface area contributed by atoms with Gasteiger partial charge in [0.25, 0.3) is 0 Å². The fraction of sp³-hybridized carbons (Fsp3) is 0.500. The smallest absolute Gasteiger partial charge is 0.790 e. The standard InChI is InChI=1S/C10H13N5O4.2K.H3O4P/c11-8-5-9(13-2-12-8)15(3-14-5)10-7(18)6(17)4(1-16)19-10;;;1-5(2,3)4/h2-4,6-7,10,16-18H,1H2,(H2,11,12,13);;;(H3,1,2,3,4)/q;2*+1;/p-2/t4-,6-,7-,10-;;;/m1.../s1. The second-order valence-corrected chi connectivity index (χ2v) is 5.72. The van der Waals surface area contributed by atoms with Crippen molar-refractivity contribution >= 4 is 24.8 Å². The Hall–Kier alpha value is 1.57. The monoisotopic (exact) mass is 441 g/mol. The maximum atomic E-state index is 9.95. The molecule has 0 bridgehead atoms. The number of aliphatic hydroxyl groups excluding tert-OH is 3. The van der Waals surface area contributed by atoms with Gasteiger partial charge in [-0.3, -0.25) is 4.57 Å². The summed E-state index contributed by atoms with van der Waals surface area (Å²) >= 11 is 0. The third-order valence-corrected chi connectivity index (χ3v) is 3.18. The number of rotatable bonds is 2. The zero-order valence-electron chi connectivity index (χ0n) is 13.9. The van der Waals surface area contributed by atoms with Crippen LogP contribution < -0.4 is 118 Å². The number of nitrogens with two attached hydrogens (primary N) is 1. The normalized spacial score (nSPS) is 25.0. The van der Waals surface area contributed by atoms with Gasteiger partial charge in [0.2, 0.25) is 0 Å². The number of aromatic nitrogens is 4. The summed E-state index contributed by atoms with van der Waals surface area (Å²) in [6, 6.07) is 0. The molecule has 0 radical (unpaired) electrons. The maximum Gasteiger partial charge on any atom is 1.00 e. The Kier molecular flexibility index (Phi) is 12.4. The van der Waals surface area contributed by atoms with Crippen LogP contribution in [-0.4, -0.2) is 64.7 Å². The quantitative estimate of drug-likeness (QED) is 0.216. The van der Waals surface area contributed by atoms with Crippen molar-refractivity contribution in [3.05, 3.63) is 12.7 Å². The van der Waals surface area contributed by atoms with Crippen LogP contribution in [0.1, 0.15) is 6.23 Å². The van der Waals surface area contributed by atoms with E-state index in [9.17, 15) is 10.2 Å². The Balaban J connectivity index is 0.000000798. The first kappa shape index (κ1) is 27.6. The molecule has 2 aromatic rings. The fourth-order valence-electron chi connectivity index (χ4n) is 2.17. The number of hydrogen-bond donors (Lipinski definition) is 5. The number of hydrogen-bond acceptors (Lipinski definition) is 11. The topological polar surface area (TPSA) is 223 Å². The van der Waals surface area contributed by atoms with Crippen LogP contribution in [0.15, 0.2) is 12.7 Å². The van der Waals surface area contributed by atoms with E-state index in [2.05, 4.69) is 15.0 Å². The van der Waals surface area contributed by atoms with Gasteiger partial charge in [-0.2, -0.15) is 0 Å². The summed E-state index contributed by atoms with van der Waals surface area (Å²) in [4.78, 5) is 36.2. The molecule has 0 amide bonds. The number of ether oxygens (including phenoxy) is 1. The van der Waals surface area contributed by atoms with Crippen molar-refractivity contribution in [2.45, 2.75) is 24.5 Å². The average molecular weight is 441 g/mol. The number of anilines is 1. The van der Waals surface area contributed by atoms with E-state index in [-0.39, 0.29) is 109 Å². The van der Waals surface area contributed by atoms with Gasteiger partial charge in [0.1, 0.15) is 30.2 Å². The first-order valence-electron chi connectivity index (χ1n) is 6.43. The molecule has 134 valence electrons. The largest absolute Gasteiger partial charge is 1.00 e. The molecule has 1 saturated heterocycles. The van der Waals surface area contributed by atoms with Gasteiger partial charge in [0, 0.05) is 0 Å². The predicted octanol–water partition coefficient (Wildman–Crippen LogP) is -10.2. The Labute approximate surface area is 232 Å². The van der Waals surface area contributed by atoms with E-state index in [0.29, 0.717) is 11.2 Å². The SMILES string of the molecule is Nc1ncnc2c1ncn2[C@@H]1O[C@H](CO)[C@@H](O)[C@H]1O.O=P([O-])([O-])O.[K+].[K+]. The molecule has 0 saturated carbocycles. The number of phosphoric acid groups is 1. The molecule has 0 aromatic carbocycles. The van der Waals surface area contributed by atoms with E-state index in [1.54, 1.807) is 0 Å². The van der Waals surface area contributed by atoms with Crippen LogP contribution in [0.4, 0.5) is 5.82 Å². The number of aliphatic hydroxyl groups is 3. The summed E-state index contributed by atoms with van der Waals surface area (Å²) in [6.07, 6.45) is -1.42. The summed E-state index contributed by atoms with van der Waals surface area (Å²) in [5.41, 5.74) is 6.44. The van der Waals surface area contributed by atoms with Crippen LogP contribution in [0, 0.1) is 0 Å². The van der Waals surface area contributed by atoms with Gasteiger partial charge < -0.3 is 45.0 Å². The van der Waals surface area contributed by atoms with Crippen molar-refractivity contribution in [1.29, 1.82) is 0 Å². The number of fused-ring (bicyclic) bond motifs is 1. The van der Waals surface area contributed by atoms with Crippen molar-refractivity contribution in [3.8, 4) is 0 Å². The molecule has 3 rings (SSSR count). The van der Waals surface area contributed by atoms with Crippen molar-refractivity contribution in [2.24, 2.45) is 0 Å². The van der Waals surface area contributed by atoms with Crippen molar-refractivity contribution in [2.75, 3.05) is 12.3 Å².